The molecule has 0 bridgehead atoms. The van der Waals surface area contributed by atoms with Crippen molar-refractivity contribution < 1.29 is 9.90 Å². The Bertz CT molecular complexity index is 427. The summed E-state index contributed by atoms with van der Waals surface area (Å²) in [6.07, 6.45) is 4.50. The molecule has 2 rings (SSSR count). The minimum absolute atomic E-state index is 0.0889. The Hall–Kier alpha value is -1.62. The largest absolute Gasteiger partial charge is 0.396 e. The maximum absolute atomic E-state index is 12.1. The maximum atomic E-state index is 12.1. The van der Waals surface area contributed by atoms with E-state index in [9.17, 15) is 4.79 Å². The third-order valence-corrected chi connectivity index (χ3v) is 3.42. The molecule has 1 aromatic rings. The van der Waals surface area contributed by atoms with Gasteiger partial charge in [-0.15, -0.1) is 0 Å². The molecule has 2 N–H and O–H groups in total. The van der Waals surface area contributed by atoms with Crippen molar-refractivity contribution in [2.24, 2.45) is 5.92 Å². The van der Waals surface area contributed by atoms with Crippen molar-refractivity contribution in [3.05, 3.63) is 23.9 Å². The summed E-state index contributed by atoms with van der Waals surface area (Å²) in [5.41, 5.74) is 0.564. The zero-order valence-corrected chi connectivity index (χ0v) is 11.5. The average Bonchev–Trinajstić information content (AvgIpc) is 3.22. The lowest BCUT2D eigenvalue weighted by atomic mass is 10.1. The zero-order valence-electron chi connectivity index (χ0n) is 11.5. The molecule has 1 aliphatic carbocycles. The van der Waals surface area contributed by atoms with E-state index in [1.54, 1.807) is 12.3 Å². The van der Waals surface area contributed by atoms with Crippen LogP contribution in [0.15, 0.2) is 18.3 Å². The van der Waals surface area contributed by atoms with Crippen LogP contribution >= 0.6 is 0 Å². The summed E-state index contributed by atoms with van der Waals surface area (Å²) in [4.78, 5) is 18.2. The highest BCUT2D eigenvalue weighted by atomic mass is 16.3. The van der Waals surface area contributed by atoms with Gasteiger partial charge in [0, 0.05) is 32.9 Å². The average molecular weight is 263 g/mol. The van der Waals surface area contributed by atoms with Gasteiger partial charge in [0.05, 0.1) is 5.56 Å². The SMILES string of the molecule is CN(C)c1ccc(C(=O)NC(CCO)C2CC2)cn1. The number of hydrogen-bond acceptors (Lipinski definition) is 4. The zero-order chi connectivity index (χ0) is 13.8. The third-order valence-electron chi connectivity index (χ3n) is 3.42. The molecule has 104 valence electrons. The van der Waals surface area contributed by atoms with Gasteiger partial charge in [-0.2, -0.15) is 0 Å². The van der Waals surface area contributed by atoms with Gasteiger partial charge in [0.15, 0.2) is 0 Å². The molecule has 5 heteroatoms. The van der Waals surface area contributed by atoms with Crippen molar-refractivity contribution >= 4 is 11.7 Å². The molecule has 19 heavy (non-hydrogen) atoms. The van der Waals surface area contributed by atoms with Gasteiger partial charge in [-0.25, -0.2) is 4.98 Å². The number of carbonyl (C=O) groups is 1. The highest BCUT2D eigenvalue weighted by Gasteiger charge is 2.31. The maximum Gasteiger partial charge on any atom is 0.253 e. The minimum Gasteiger partial charge on any atom is -0.396 e. The van der Waals surface area contributed by atoms with E-state index in [-0.39, 0.29) is 18.6 Å². The van der Waals surface area contributed by atoms with Crippen molar-refractivity contribution in [3.8, 4) is 0 Å². The van der Waals surface area contributed by atoms with Gasteiger partial charge in [0.25, 0.3) is 5.91 Å². The monoisotopic (exact) mass is 263 g/mol. The van der Waals surface area contributed by atoms with Gasteiger partial charge in [0.1, 0.15) is 5.82 Å². The van der Waals surface area contributed by atoms with Crippen molar-refractivity contribution in [1.82, 2.24) is 10.3 Å². The molecule has 1 aromatic heterocycles. The van der Waals surface area contributed by atoms with E-state index in [2.05, 4.69) is 10.3 Å². The molecule has 1 unspecified atom stereocenters. The van der Waals surface area contributed by atoms with Crippen molar-refractivity contribution in [3.63, 3.8) is 0 Å². The number of hydrogen-bond donors (Lipinski definition) is 2. The topological polar surface area (TPSA) is 65.5 Å². The molecule has 0 aromatic carbocycles. The smallest absolute Gasteiger partial charge is 0.253 e. The van der Waals surface area contributed by atoms with E-state index >= 15 is 0 Å². The van der Waals surface area contributed by atoms with E-state index in [0.717, 1.165) is 18.7 Å². The molecule has 0 spiro atoms. The van der Waals surface area contributed by atoms with Crippen LogP contribution in [-0.2, 0) is 0 Å². The van der Waals surface area contributed by atoms with Crippen LogP contribution in [0.4, 0.5) is 5.82 Å². The van der Waals surface area contributed by atoms with E-state index in [1.807, 2.05) is 25.1 Å². The minimum atomic E-state index is -0.108. The Morgan fingerprint density at radius 1 is 1.53 bits per heavy atom. The van der Waals surface area contributed by atoms with E-state index in [4.69, 9.17) is 5.11 Å². The molecule has 0 radical (unpaired) electrons. The Balaban J connectivity index is 1.98. The van der Waals surface area contributed by atoms with Crippen LogP contribution in [0.1, 0.15) is 29.6 Å². The molecule has 1 heterocycles. The number of rotatable bonds is 6. The molecule has 1 aliphatic rings. The fourth-order valence-electron chi connectivity index (χ4n) is 2.10. The predicted molar refractivity (Wildman–Crippen MR) is 74.2 cm³/mol. The Labute approximate surface area is 113 Å². The van der Waals surface area contributed by atoms with Gasteiger partial charge < -0.3 is 15.3 Å². The highest BCUT2D eigenvalue weighted by molar-refractivity contribution is 5.94. The molecule has 0 saturated heterocycles. The quantitative estimate of drug-likeness (QED) is 0.805. The molecular weight excluding hydrogens is 242 g/mol. The lowest BCUT2D eigenvalue weighted by Crippen LogP contribution is -2.37. The number of nitrogens with one attached hydrogen (secondary N) is 1. The second-order valence-corrected chi connectivity index (χ2v) is 5.23. The van der Waals surface area contributed by atoms with Gasteiger partial charge >= 0.3 is 0 Å². The first-order valence-corrected chi connectivity index (χ1v) is 6.67. The van der Waals surface area contributed by atoms with E-state index in [1.165, 1.54) is 0 Å². The Morgan fingerprint density at radius 3 is 2.74 bits per heavy atom. The van der Waals surface area contributed by atoms with Crippen LogP contribution in [0.25, 0.3) is 0 Å². The fraction of sp³-hybridized carbons (Fsp3) is 0.571. The lowest BCUT2D eigenvalue weighted by molar-refractivity contribution is 0.0924. The number of anilines is 1. The first kappa shape index (κ1) is 13.8. The molecular formula is C14H21N3O2. The van der Waals surface area contributed by atoms with Gasteiger partial charge in [-0.3, -0.25) is 4.79 Å². The van der Waals surface area contributed by atoms with Crippen LogP contribution in [0.3, 0.4) is 0 Å². The summed E-state index contributed by atoms with van der Waals surface area (Å²) in [6, 6.07) is 3.69. The normalized spacial score (nSPS) is 15.9. The van der Waals surface area contributed by atoms with Crippen molar-refractivity contribution in [2.75, 3.05) is 25.6 Å². The number of nitrogens with zero attached hydrogens (tertiary/aromatic N) is 2. The van der Waals surface area contributed by atoms with Gasteiger partial charge in [-0.1, -0.05) is 0 Å². The summed E-state index contributed by atoms with van der Waals surface area (Å²) in [7, 11) is 3.82. The van der Waals surface area contributed by atoms with Crippen molar-refractivity contribution in [1.29, 1.82) is 0 Å². The molecule has 1 fully saturated rings. The predicted octanol–water partition coefficient (Wildman–Crippen LogP) is 1.04. The van der Waals surface area contributed by atoms with E-state index in [0.29, 0.717) is 17.9 Å². The first-order chi connectivity index (χ1) is 9.11. The van der Waals surface area contributed by atoms with Crippen molar-refractivity contribution in [2.45, 2.75) is 25.3 Å². The third kappa shape index (κ3) is 3.67. The summed E-state index contributed by atoms with van der Waals surface area (Å²) in [5.74, 6) is 1.25. The van der Waals surface area contributed by atoms with Crippen LogP contribution in [0.2, 0.25) is 0 Å². The number of pyridine rings is 1. The summed E-state index contributed by atoms with van der Waals surface area (Å²) in [5, 5.41) is 12.0. The Kier molecular flexibility index (Phi) is 4.37. The summed E-state index contributed by atoms with van der Waals surface area (Å²) >= 11 is 0. The Morgan fingerprint density at radius 2 is 2.26 bits per heavy atom. The fourth-order valence-corrected chi connectivity index (χ4v) is 2.10. The molecule has 1 atom stereocenters. The molecule has 0 aliphatic heterocycles. The summed E-state index contributed by atoms with van der Waals surface area (Å²) in [6.45, 7) is 0.110. The van der Waals surface area contributed by atoms with E-state index < -0.39 is 0 Å². The summed E-state index contributed by atoms with van der Waals surface area (Å²) < 4.78 is 0. The second-order valence-electron chi connectivity index (χ2n) is 5.23. The number of aromatic nitrogens is 1. The van der Waals surface area contributed by atoms with Gasteiger partial charge in [-0.05, 0) is 37.3 Å². The number of aliphatic hydroxyl groups excluding tert-OH is 1. The molecule has 1 saturated carbocycles. The molecule has 1 amide bonds. The highest BCUT2D eigenvalue weighted by Crippen LogP contribution is 2.34. The van der Waals surface area contributed by atoms with Crippen LogP contribution < -0.4 is 10.2 Å². The number of amides is 1. The second kappa shape index (κ2) is 6.02. The van der Waals surface area contributed by atoms with Crippen LogP contribution in [0, 0.1) is 5.92 Å². The standard InChI is InChI=1S/C14H21N3O2/c1-17(2)13-6-5-11(9-15-13)14(19)16-12(7-8-18)10-3-4-10/h5-6,9-10,12,18H,3-4,7-8H2,1-2H3,(H,16,19). The number of carbonyl (C=O) groups excluding carboxylic acids is 1. The molecule has 5 nitrogen and oxygen atoms in total. The number of aliphatic hydroxyl groups is 1. The van der Waals surface area contributed by atoms with Gasteiger partial charge in [0.2, 0.25) is 0 Å². The van der Waals surface area contributed by atoms with Crippen LogP contribution in [0.5, 0.6) is 0 Å². The first-order valence-electron chi connectivity index (χ1n) is 6.67. The van der Waals surface area contributed by atoms with Crippen LogP contribution in [-0.4, -0.2) is 42.7 Å². The lowest BCUT2D eigenvalue weighted by Gasteiger charge is -2.17.